The van der Waals surface area contributed by atoms with Gasteiger partial charge in [-0.15, -0.1) is 11.3 Å². The van der Waals surface area contributed by atoms with Crippen molar-refractivity contribution < 1.29 is 14.0 Å². The highest BCUT2D eigenvalue weighted by atomic mass is 32.1. The number of para-hydroxylation sites is 2. The number of benzene rings is 1. The molecular weight excluding hydrogens is 601 g/mol. The maximum absolute atomic E-state index is 13.5. The van der Waals surface area contributed by atoms with Crippen LogP contribution in [0.5, 0.6) is 0 Å². The number of nitrogens with zero attached hydrogens (tertiary/aromatic N) is 3. The Morgan fingerprint density at radius 1 is 0.872 bits per heavy atom. The molecule has 7 heteroatoms. The third-order valence-corrected chi connectivity index (χ3v) is 11.2. The molecule has 1 saturated heterocycles. The summed E-state index contributed by atoms with van der Waals surface area (Å²) in [6.07, 6.45) is 22.8. The number of thiophene rings is 1. The van der Waals surface area contributed by atoms with Crippen LogP contribution in [0.15, 0.2) is 35.3 Å². The summed E-state index contributed by atoms with van der Waals surface area (Å²) in [5.74, 6) is 1.16. The van der Waals surface area contributed by atoms with Gasteiger partial charge in [-0.05, 0) is 38.0 Å². The van der Waals surface area contributed by atoms with E-state index in [-0.39, 0.29) is 11.9 Å². The zero-order valence-corrected chi connectivity index (χ0v) is 31.1. The van der Waals surface area contributed by atoms with E-state index in [0.717, 1.165) is 73.6 Å². The Labute approximate surface area is 291 Å². The lowest BCUT2D eigenvalue weighted by Gasteiger charge is -2.42. The molecule has 0 amide bonds. The highest BCUT2D eigenvalue weighted by Gasteiger charge is 2.34. The van der Waals surface area contributed by atoms with E-state index in [1.807, 2.05) is 0 Å². The molecule has 0 radical (unpaired) electrons. The van der Waals surface area contributed by atoms with Gasteiger partial charge in [-0.25, -0.2) is 4.99 Å². The number of aliphatic imine (C=N–C) groups is 1. The monoisotopic (exact) mass is 665 g/mol. The van der Waals surface area contributed by atoms with E-state index >= 15 is 0 Å². The molecule has 3 heterocycles. The van der Waals surface area contributed by atoms with Crippen molar-refractivity contribution in [2.24, 2.45) is 10.9 Å². The van der Waals surface area contributed by atoms with Gasteiger partial charge in [0.1, 0.15) is 10.8 Å². The molecule has 1 fully saturated rings. The average Bonchev–Trinajstić information content (AvgIpc) is 3.36. The zero-order chi connectivity index (χ0) is 33.3. The summed E-state index contributed by atoms with van der Waals surface area (Å²) in [7, 11) is 2.25. The first kappa shape index (κ1) is 37.4. The Hall–Kier alpha value is -2.38. The van der Waals surface area contributed by atoms with E-state index in [4.69, 9.17) is 9.73 Å². The summed E-state index contributed by atoms with van der Waals surface area (Å²) in [4.78, 5) is 22.4. The fourth-order valence-electron chi connectivity index (χ4n) is 7.04. The van der Waals surface area contributed by atoms with Crippen LogP contribution in [0.3, 0.4) is 0 Å². The molecular formula is C40H65N4O2S+. The molecule has 0 aliphatic carbocycles. The molecule has 6 nitrogen and oxygen atoms in total. The van der Waals surface area contributed by atoms with E-state index in [9.17, 15) is 4.79 Å². The molecule has 2 aliphatic heterocycles. The quantitative estimate of drug-likeness (QED) is 0.0819. The lowest BCUT2D eigenvalue weighted by molar-refractivity contribution is -0.929. The number of nitrogens with one attached hydrogen (secondary N) is 1. The first-order valence-electron chi connectivity index (χ1n) is 19.2. The van der Waals surface area contributed by atoms with Crippen LogP contribution in [0.1, 0.15) is 140 Å². The SMILES string of the molecule is CCCCCCCCCCC(CCCCCCCCCC)C(=O)OC[N+]1(C)CCN(C2=Nc3ccccc3Nc3sc(C)cc32)CC1. The van der Waals surface area contributed by atoms with E-state index in [2.05, 4.69) is 68.4 Å². The number of carbonyl (C=O) groups excluding carboxylic acids is 1. The molecule has 0 unspecified atom stereocenters. The summed E-state index contributed by atoms with van der Waals surface area (Å²) in [6, 6.07) is 10.6. The maximum Gasteiger partial charge on any atom is 0.313 e. The molecule has 0 saturated carbocycles. The predicted octanol–water partition coefficient (Wildman–Crippen LogP) is 11.1. The molecule has 1 aromatic carbocycles. The van der Waals surface area contributed by atoms with Crippen LogP contribution < -0.4 is 5.32 Å². The second-order valence-corrected chi connectivity index (χ2v) is 15.8. The van der Waals surface area contributed by atoms with Crippen molar-refractivity contribution in [2.75, 3.05) is 45.3 Å². The molecule has 0 bridgehead atoms. The van der Waals surface area contributed by atoms with Crippen molar-refractivity contribution >= 4 is 39.5 Å². The molecule has 2 aliphatic rings. The minimum absolute atomic E-state index is 0.0480. The number of rotatable bonds is 21. The second kappa shape index (κ2) is 20.2. The van der Waals surface area contributed by atoms with E-state index in [0.29, 0.717) is 6.73 Å². The number of aryl methyl sites for hydroxylation is 1. The Morgan fingerprint density at radius 2 is 1.43 bits per heavy atom. The van der Waals surface area contributed by atoms with Crippen LogP contribution in [0.25, 0.3) is 0 Å². The minimum atomic E-state index is 0.0480. The largest absolute Gasteiger partial charge is 0.415 e. The topological polar surface area (TPSA) is 53.9 Å². The number of carbonyl (C=O) groups is 1. The number of fused-ring (bicyclic) bond motifs is 2. The third kappa shape index (κ3) is 12.2. The summed E-state index contributed by atoms with van der Waals surface area (Å²) in [5, 5.41) is 4.80. The predicted molar refractivity (Wildman–Crippen MR) is 201 cm³/mol. The highest BCUT2D eigenvalue weighted by molar-refractivity contribution is 7.16. The van der Waals surface area contributed by atoms with Crippen molar-refractivity contribution in [2.45, 2.75) is 136 Å². The molecule has 0 atom stereocenters. The number of esters is 1. The summed E-state index contributed by atoms with van der Waals surface area (Å²) >= 11 is 1.79. The van der Waals surface area contributed by atoms with Gasteiger partial charge in [0.2, 0.25) is 6.73 Å². The van der Waals surface area contributed by atoms with Crippen LogP contribution in [0, 0.1) is 12.8 Å². The van der Waals surface area contributed by atoms with Crippen LogP contribution >= 0.6 is 11.3 Å². The molecule has 2 aromatic rings. The number of hydrogen-bond donors (Lipinski definition) is 1. The number of quaternary nitrogens is 1. The normalized spacial score (nSPS) is 15.5. The zero-order valence-electron chi connectivity index (χ0n) is 30.3. The molecule has 262 valence electrons. The number of ether oxygens (including phenoxy) is 1. The number of piperazine rings is 1. The molecule has 1 N–H and O–H groups in total. The fraction of sp³-hybridized carbons (Fsp3) is 0.700. The van der Waals surface area contributed by atoms with Crippen molar-refractivity contribution in [3.05, 3.63) is 40.8 Å². The smallest absolute Gasteiger partial charge is 0.313 e. The average molecular weight is 666 g/mol. The van der Waals surface area contributed by atoms with Gasteiger partial charge in [0.05, 0.1) is 56.1 Å². The van der Waals surface area contributed by atoms with Crippen LogP contribution in [0.2, 0.25) is 0 Å². The van der Waals surface area contributed by atoms with E-state index in [1.54, 1.807) is 11.3 Å². The van der Waals surface area contributed by atoms with Gasteiger partial charge in [0.15, 0.2) is 0 Å². The van der Waals surface area contributed by atoms with Crippen molar-refractivity contribution in [1.29, 1.82) is 0 Å². The van der Waals surface area contributed by atoms with Crippen LogP contribution in [-0.4, -0.2) is 61.1 Å². The number of amidine groups is 1. The Bertz CT molecular complexity index is 1210. The van der Waals surface area contributed by atoms with Crippen molar-refractivity contribution in [3.8, 4) is 0 Å². The summed E-state index contributed by atoms with van der Waals surface area (Å²) < 4.78 is 6.94. The molecule has 4 rings (SSSR count). The van der Waals surface area contributed by atoms with Crippen LogP contribution in [-0.2, 0) is 9.53 Å². The van der Waals surface area contributed by atoms with Gasteiger partial charge in [-0.2, -0.15) is 0 Å². The van der Waals surface area contributed by atoms with Gasteiger partial charge in [-0.3, -0.25) is 9.28 Å². The maximum atomic E-state index is 13.5. The van der Waals surface area contributed by atoms with Crippen molar-refractivity contribution in [3.63, 3.8) is 0 Å². The summed E-state index contributed by atoms with van der Waals surface area (Å²) in [6.45, 7) is 10.8. The number of likely N-dealkylation sites (N-methyl/N-ethyl adjacent to an activating group) is 1. The highest BCUT2D eigenvalue weighted by Crippen LogP contribution is 2.39. The second-order valence-electron chi connectivity index (χ2n) is 14.5. The Balaban J connectivity index is 1.27. The standard InChI is InChI=1S/C40H65N4O2S/c1-5-7-9-11-13-15-17-19-23-34(24-20-18-16-14-12-10-8-6-2)40(45)46-32-44(4)29-27-43(28-30-44)38-35-31-33(3)47-39(35)42-37-26-22-21-25-36(37)41-38/h21-22,25-26,31,34,42H,5-20,23-24,27-30,32H2,1-4H3/q+1. The molecule has 0 spiro atoms. The third-order valence-electron chi connectivity index (χ3n) is 10.3. The fourth-order valence-corrected chi connectivity index (χ4v) is 7.96. The molecule has 1 aromatic heterocycles. The van der Waals surface area contributed by atoms with E-state index < -0.39 is 0 Å². The van der Waals surface area contributed by atoms with Crippen LogP contribution in [0.4, 0.5) is 16.4 Å². The number of anilines is 2. The first-order chi connectivity index (χ1) is 22.9. The lowest BCUT2D eigenvalue weighted by Crippen LogP contribution is -2.59. The Kier molecular flexibility index (Phi) is 16.1. The minimum Gasteiger partial charge on any atom is -0.415 e. The van der Waals surface area contributed by atoms with Gasteiger partial charge >= 0.3 is 5.97 Å². The number of hydrogen-bond acceptors (Lipinski definition) is 6. The molecule has 47 heavy (non-hydrogen) atoms. The van der Waals surface area contributed by atoms with Gasteiger partial charge in [0, 0.05) is 4.88 Å². The lowest BCUT2D eigenvalue weighted by atomic mass is 9.94. The summed E-state index contributed by atoms with van der Waals surface area (Å²) in [5.41, 5.74) is 3.24. The van der Waals surface area contributed by atoms with Gasteiger partial charge < -0.3 is 15.0 Å². The number of unbranched alkanes of at least 4 members (excludes halogenated alkanes) is 14. The van der Waals surface area contributed by atoms with E-state index in [1.165, 1.54) is 105 Å². The van der Waals surface area contributed by atoms with Gasteiger partial charge in [-0.1, -0.05) is 129 Å². The Morgan fingerprint density at radius 3 is 2.02 bits per heavy atom. The first-order valence-corrected chi connectivity index (χ1v) is 20.0. The van der Waals surface area contributed by atoms with Crippen molar-refractivity contribution in [1.82, 2.24) is 4.90 Å². The van der Waals surface area contributed by atoms with Gasteiger partial charge in [0.25, 0.3) is 0 Å².